The van der Waals surface area contributed by atoms with E-state index in [2.05, 4.69) is 24.0 Å². The number of anilines is 1. The number of thioether (sulfide) groups is 1. The van der Waals surface area contributed by atoms with Gasteiger partial charge in [0.1, 0.15) is 11.0 Å². The summed E-state index contributed by atoms with van der Waals surface area (Å²) >= 11 is 2.49. The Hall–Kier alpha value is -2.71. The first-order valence-corrected chi connectivity index (χ1v) is 9.25. The second kappa shape index (κ2) is 7.04. The third-order valence-electron chi connectivity index (χ3n) is 3.54. The van der Waals surface area contributed by atoms with Crippen molar-refractivity contribution < 1.29 is 4.79 Å². The molecule has 0 atom stereocenters. The molecule has 0 spiro atoms. The van der Waals surface area contributed by atoms with Gasteiger partial charge >= 0.3 is 0 Å². The van der Waals surface area contributed by atoms with Crippen LogP contribution in [0, 0.1) is 0 Å². The first-order valence-electron chi connectivity index (χ1n) is 7.54. The molecular weight excluding hydrogens is 354 g/mol. The number of hydrogen-bond donors (Lipinski definition) is 2. The van der Waals surface area contributed by atoms with Crippen molar-refractivity contribution in [3.8, 4) is 11.3 Å². The van der Waals surface area contributed by atoms with E-state index in [4.69, 9.17) is 0 Å². The maximum Gasteiger partial charge on any atom is 0.234 e. The van der Waals surface area contributed by atoms with Crippen molar-refractivity contribution in [3.63, 3.8) is 0 Å². The van der Waals surface area contributed by atoms with Crippen LogP contribution in [0.2, 0.25) is 0 Å². The van der Waals surface area contributed by atoms with Crippen LogP contribution in [0.15, 0.2) is 59.9 Å². The average Bonchev–Trinajstić information content (AvgIpc) is 3.31. The summed E-state index contributed by atoms with van der Waals surface area (Å²) in [6.07, 6.45) is 1.78. The van der Waals surface area contributed by atoms with Crippen molar-refractivity contribution in [2.24, 2.45) is 0 Å². The number of fused-ring (bicyclic) bond motifs is 1. The van der Waals surface area contributed by atoms with Crippen molar-refractivity contribution in [2.45, 2.75) is 5.16 Å². The van der Waals surface area contributed by atoms with Crippen molar-refractivity contribution in [1.82, 2.24) is 18.7 Å². The van der Waals surface area contributed by atoms with Gasteiger partial charge in [0.15, 0.2) is 5.16 Å². The van der Waals surface area contributed by atoms with E-state index < -0.39 is 0 Å². The molecule has 0 radical (unpaired) electrons. The number of imidazole rings is 1. The topological polar surface area (TPSA) is 83.6 Å². The van der Waals surface area contributed by atoms with Gasteiger partial charge in [0.05, 0.1) is 35.1 Å². The summed E-state index contributed by atoms with van der Waals surface area (Å²) in [6, 6.07) is 15.5. The third kappa shape index (κ3) is 3.54. The Morgan fingerprint density at radius 2 is 2.00 bits per heavy atom. The number of carbonyl (C=O) groups excluding carboxylic acids is 1. The van der Waals surface area contributed by atoms with Crippen LogP contribution in [0.5, 0.6) is 0 Å². The van der Waals surface area contributed by atoms with Gasteiger partial charge in [-0.05, 0) is 17.7 Å². The van der Waals surface area contributed by atoms with Crippen LogP contribution < -0.4 is 5.32 Å². The predicted molar refractivity (Wildman–Crippen MR) is 101 cm³/mol. The lowest BCUT2D eigenvalue weighted by atomic mass is 10.2. The maximum absolute atomic E-state index is 12.2. The van der Waals surface area contributed by atoms with Crippen LogP contribution >= 0.6 is 23.5 Å². The number of benzene rings is 2. The van der Waals surface area contributed by atoms with Crippen LogP contribution in [0.4, 0.5) is 5.69 Å². The van der Waals surface area contributed by atoms with Crippen LogP contribution in [-0.2, 0) is 4.79 Å². The molecule has 0 bridgehead atoms. The third-order valence-corrected chi connectivity index (χ3v) is 4.97. The fourth-order valence-corrected chi connectivity index (χ4v) is 3.57. The number of amides is 1. The van der Waals surface area contributed by atoms with E-state index in [-0.39, 0.29) is 11.7 Å². The summed E-state index contributed by atoms with van der Waals surface area (Å²) in [4.78, 5) is 19.8. The number of nitrogens with zero attached hydrogens (tertiary/aromatic N) is 3. The first-order chi connectivity index (χ1) is 12.3. The van der Waals surface area contributed by atoms with Crippen LogP contribution in [-0.4, -0.2) is 30.4 Å². The Bertz CT molecular complexity index is 1010. The van der Waals surface area contributed by atoms with E-state index in [1.807, 2.05) is 48.5 Å². The number of aromatic nitrogens is 4. The molecule has 0 unspecified atom stereocenters. The van der Waals surface area contributed by atoms with Crippen molar-refractivity contribution >= 4 is 46.1 Å². The van der Waals surface area contributed by atoms with Gasteiger partial charge in [0, 0.05) is 0 Å². The van der Waals surface area contributed by atoms with Gasteiger partial charge in [-0.15, -0.1) is 0 Å². The molecule has 2 aromatic heterocycles. The van der Waals surface area contributed by atoms with Crippen LogP contribution in [0.25, 0.3) is 22.3 Å². The van der Waals surface area contributed by atoms with Gasteiger partial charge in [0.2, 0.25) is 5.91 Å². The highest BCUT2D eigenvalue weighted by molar-refractivity contribution is 7.99. The van der Waals surface area contributed by atoms with E-state index >= 15 is 0 Å². The molecule has 0 saturated heterocycles. The number of carbonyl (C=O) groups is 1. The molecule has 2 N–H and O–H groups in total. The van der Waals surface area contributed by atoms with Gasteiger partial charge in [-0.2, -0.15) is 8.75 Å². The largest absolute Gasteiger partial charge is 0.333 e. The van der Waals surface area contributed by atoms with Gasteiger partial charge in [-0.3, -0.25) is 4.79 Å². The molecule has 0 saturated carbocycles. The number of nitrogens with one attached hydrogen (secondary N) is 2. The number of hydrogen-bond acceptors (Lipinski definition) is 6. The summed E-state index contributed by atoms with van der Waals surface area (Å²) in [5.41, 5.74) is 4.18. The molecule has 0 fully saturated rings. The Balaban J connectivity index is 1.39. The smallest absolute Gasteiger partial charge is 0.234 e. The average molecular weight is 367 g/mol. The van der Waals surface area contributed by atoms with E-state index in [1.165, 1.54) is 11.8 Å². The lowest BCUT2D eigenvalue weighted by Crippen LogP contribution is -2.14. The normalized spacial score (nSPS) is 10.9. The summed E-state index contributed by atoms with van der Waals surface area (Å²) in [5, 5.41) is 3.59. The maximum atomic E-state index is 12.2. The standard InChI is InChI=1S/C17H13N5OS2/c23-15(19-12-7-4-8-13-16(12)22-25-21-13)10-24-17-18-9-14(20-17)11-5-2-1-3-6-11/h1-9H,10H2,(H,18,20)(H,19,23). The molecule has 6 nitrogen and oxygen atoms in total. The van der Waals surface area contributed by atoms with Crippen LogP contribution in [0.1, 0.15) is 0 Å². The van der Waals surface area contributed by atoms with E-state index in [0.29, 0.717) is 10.8 Å². The van der Waals surface area contributed by atoms with E-state index in [1.54, 1.807) is 6.20 Å². The molecule has 2 heterocycles. The summed E-state index contributed by atoms with van der Waals surface area (Å²) in [5.74, 6) is 0.151. The highest BCUT2D eigenvalue weighted by atomic mass is 32.2. The van der Waals surface area contributed by atoms with Gasteiger partial charge < -0.3 is 10.3 Å². The number of rotatable bonds is 5. The minimum Gasteiger partial charge on any atom is -0.333 e. The SMILES string of the molecule is O=C(CSc1ncc(-c2ccccc2)[nH]1)Nc1cccc2nsnc12. The number of aromatic amines is 1. The second-order valence-electron chi connectivity index (χ2n) is 5.24. The van der Waals surface area contributed by atoms with Crippen molar-refractivity contribution in [1.29, 1.82) is 0 Å². The molecule has 1 amide bonds. The molecule has 0 aliphatic carbocycles. The fourth-order valence-electron chi connectivity index (χ4n) is 2.37. The molecule has 4 aromatic rings. The van der Waals surface area contributed by atoms with Gasteiger partial charge in [-0.25, -0.2) is 4.98 Å². The Morgan fingerprint density at radius 1 is 1.12 bits per heavy atom. The highest BCUT2D eigenvalue weighted by Crippen LogP contribution is 2.23. The minimum atomic E-state index is -0.108. The van der Waals surface area contributed by atoms with Crippen molar-refractivity contribution in [2.75, 3.05) is 11.1 Å². The lowest BCUT2D eigenvalue weighted by molar-refractivity contribution is -0.113. The Labute approximate surface area is 152 Å². The Morgan fingerprint density at radius 3 is 2.88 bits per heavy atom. The van der Waals surface area contributed by atoms with E-state index in [0.717, 1.165) is 34.0 Å². The molecule has 0 aliphatic heterocycles. The number of H-pyrrole nitrogens is 1. The summed E-state index contributed by atoms with van der Waals surface area (Å²) in [6.45, 7) is 0. The molecule has 8 heteroatoms. The quantitative estimate of drug-likeness (QED) is 0.524. The molecule has 4 rings (SSSR count). The molecule has 0 aliphatic rings. The Kier molecular flexibility index (Phi) is 4.45. The summed E-state index contributed by atoms with van der Waals surface area (Å²) < 4.78 is 8.39. The monoisotopic (exact) mass is 367 g/mol. The van der Waals surface area contributed by atoms with Gasteiger partial charge in [-0.1, -0.05) is 48.2 Å². The fraction of sp³-hybridized carbons (Fsp3) is 0.0588. The van der Waals surface area contributed by atoms with Crippen LogP contribution in [0.3, 0.4) is 0 Å². The van der Waals surface area contributed by atoms with E-state index in [9.17, 15) is 4.79 Å². The van der Waals surface area contributed by atoms with Crippen molar-refractivity contribution in [3.05, 3.63) is 54.7 Å². The zero-order chi connectivity index (χ0) is 17.1. The molecule has 2 aromatic carbocycles. The first kappa shape index (κ1) is 15.8. The molecular formula is C17H13N5OS2. The minimum absolute atomic E-state index is 0.108. The predicted octanol–water partition coefficient (Wildman–Crippen LogP) is 3.81. The summed E-state index contributed by atoms with van der Waals surface area (Å²) in [7, 11) is 0. The second-order valence-corrected chi connectivity index (χ2v) is 6.73. The highest BCUT2D eigenvalue weighted by Gasteiger charge is 2.10. The van der Waals surface area contributed by atoms with Gasteiger partial charge in [0.25, 0.3) is 0 Å². The lowest BCUT2D eigenvalue weighted by Gasteiger charge is -2.04. The zero-order valence-corrected chi connectivity index (χ0v) is 14.6. The molecule has 25 heavy (non-hydrogen) atoms. The zero-order valence-electron chi connectivity index (χ0n) is 13.0. The molecule has 124 valence electrons.